The number of ether oxygens (including phenoxy) is 1. The second-order valence-electron chi connectivity index (χ2n) is 8.36. The minimum absolute atomic E-state index is 0.198. The molecule has 3 aromatic carbocycles. The van der Waals surface area contributed by atoms with E-state index in [4.69, 9.17) is 27.9 Å². The van der Waals surface area contributed by atoms with E-state index in [0.29, 0.717) is 28.8 Å². The van der Waals surface area contributed by atoms with Crippen molar-refractivity contribution >= 4 is 50.9 Å². The van der Waals surface area contributed by atoms with Gasteiger partial charge in [-0.25, -0.2) is 0 Å². The first kappa shape index (κ1) is 28.0. The van der Waals surface area contributed by atoms with Crippen LogP contribution in [0.15, 0.2) is 77.3 Å². The lowest BCUT2D eigenvalue weighted by Crippen LogP contribution is -2.51. The van der Waals surface area contributed by atoms with Crippen LogP contribution in [0.3, 0.4) is 0 Å². The number of hydrogen-bond donors (Lipinski definition) is 1. The number of carbonyl (C=O) groups excluding carboxylic acids is 2. The van der Waals surface area contributed by atoms with Gasteiger partial charge in [-0.3, -0.25) is 9.59 Å². The van der Waals surface area contributed by atoms with Crippen molar-refractivity contribution in [3.63, 3.8) is 0 Å². The molecule has 190 valence electrons. The Balaban J connectivity index is 1.88. The van der Waals surface area contributed by atoms with Gasteiger partial charge in [0, 0.05) is 29.0 Å². The van der Waals surface area contributed by atoms with Gasteiger partial charge < -0.3 is 15.0 Å². The highest BCUT2D eigenvalue weighted by atomic mass is 79.9. The first-order valence-corrected chi connectivity index (χ1v) is 13.4. The topological polar surface area (TPSA) is 58.6 Å². The van der Waals surface area contributed by atoms with Gasteiger partial charge in [-0.2, -0.15) is 0 Å². The molecule has 0 spiro atoms. The van der Waals surface area contributed by atoms with Gasteiger partial charge in [0.1, 0.15) is 11.8 Å². The predicted molar refractivity (Wildman–Crippen MR) is 149 cm³/mol. The molecule has 0 saturated heterocycles. The van der Waals surface area contributed by atoms with E-state index in [1.807, 2.05) is 42.5 Å². The van der Waals surface area contributed by atoms with Crippen molar-refractivity contribution in [2.75, 3.05) is 13.2 Å². The average molecular weight is 592 g/mol. The maximum Gasteiger partial charge on any atom is 0.261 e. The summed E-state index contributed by atoms with van der Waals surface area (Å²) in [7, 11) is 0. The normalized spacial score (nSPS) is 11.6. The van der Waals surface area contributed by atoms with Gasteiger partial charge in [-0.15, -0.1) is 0 Å². The minimum atomic E-state index is -0.726. The minimum Gasteiger partial charge on any atom is -0.482 e. The third kappa shape index (κ3) is 8.54. The summed E-state index contributed by atoms with van der Waals surface area (Å²) in [6, 6.07) is 21.4. The van der Waals surface area contributed by atoms with Gasteiger partial charge in [-0.05, 0) is 47.9 Å². The first-order valence-electron chi connectivity index (χ1n) is 11.8. The molecule has 3 rings (SSSR count). The molecular formula is C28H29BrCl2N2O3. The maximum absolute atomic E-state index is 13.6. The Hall–Kier alpha value is -2.54. The Labute approximate surface area is 230 Å². The van der Waals surface area contributed by atoms with E-state index in [0.717, 1.165) is 28.4 Å². The molecule has 5 nitrogen and oxygen atoms in total. The zero-order chi connectivity index (χ0) is 25.9. The number of rotatable bonds is 12. The highest BCUT2D eigenvalue weighted by Crippen LogP contribution is 2.28. The molecule has 8 heteroatoms. The molecule has 0 aliphatic heterocycles. The quantitative estimate of drug-likeness (QED) is 0.239. The number of amides is 2. The van der Waals surface area contributed by atoms with Gasteiger partial charge in [0.25, 0.3) is 5.91 Å². The molecule has 3 aromatic rings. The second kappa shape index (κ2) is 14.3. The Morgan fingerprint density at radius 2 is 1.72 bits per heavy atom. The summed E-state index contributed by atoms with van der Waals surface area (Å²) < 4.78 is 6.58. The van der Waals surface area contributed by atoms with Gasteiger partial charge in [0.2, 0.25) is 5.91 Å². The summed E-state index contributed by atoms with van der Waals surface area (Å²) >= 11 is 15.7. The van der Waals surface area contributed by atoms with Crippen LogP contribution in [0.25, 0.3) is 0 Å². The average Bonchev–Trinajstić information content (AvgIpc) is 2.87. The molecule has 0 bridgehead atoms. The summed E-state index contributed by atoms with van der Waals surface area (Å²) in [6.07, 6.45) is 2.19. The number of hydrogen-bond acceptors (Lipinski definition) is 3. The van der Waals surface area contributed by atoms with Gasteiger partial charge in [0.05, 0.1) is 5.02 Å². The van der Waals surface area contributed by atoms with Crippen molar-refractivity contribution in [3.05, 3.63) is 98.4 Å². The fraction of sp³-hybridized carbons (Fsp3) is 0.286. The molecule has 1 atom stereocenters. The van der Waals surface area contributed by atoms with E-state index < -0.39 is 6.04 Å². The summed E-state index contributed by atoms with van der Waals surface area (Å²) in [5.41, 5.74) is 1.81. The zero-order valence-electron chi connectivity index (χ0n) is 20.1. The van der Waals surface area contributed by atoms with Crippen LogP contribution in [0.4, 0.5) is 0 Å². The molecule has 0 saturated carbocycles. The van der Waals surface area contributed by atoms with Crippen LogP contribution >= 0.6 is 39.1 Å². The van der Waals surface area contributed by atoms with Gasteiger partial charge in [0.15, 0.2) is 6.61 Å². The van der Waals surface area contributed by atoms with Crippen molar-refractivity contribution in [1.82, 2.24) is 10.2 Å². The molecule has 0 aliphatic carbocycles. The molecule has 1 unspecified atom stereocenters. The summed E-state index contributed by atoms with van der Waals surface area (Å²) in [6.45, 7) is 2.58. The van der Waals surface area contributed by atoms with Crippen LogP contribution in [0, 0.1) is 0 Å². The molecule has 0 aromatic heterocycles. The van der Waals surface area contributed by atoms with E-state index in [1.54, 1.807) is 35.2 Å². The molecule has 0 fully saturated rings. The lowest BCUT2D eigenvalue weighted by Gasteiger charge is -2.31. The number of benzene rings is 3. The van der Waals surface area contributed by atoms with E-state index in [2.05, 4.69) is 28.2 Å². The summed E-state index contributed by atoms with van der Waals surface area (Å²) in [5, 5.41) is 3.99. The maximum atomic E-state index is 13.6. The number of carbonyl (C=O) groups is 2. The van der Waals surface area contributed by atoms with Crippen LogP contribution in [-0.2, 0) is 22.6 Å². The fourth-order valence-corrected chi connectivity index (χ4v) is 4.52. The van der Waals surface area contributed by atoms with Gasteiger partial charge in [-0.1, -0.05) is 94.9 Å². The molecular weight excluding hydrogens is 563 g/mol. The highest BCUT2D eigenvalue weighted by molar-refractivity contribution is 9.10. The Bertz CT molecular complexity index is 1140. The van der Waals surface area contributed by atoms with Crippen molar-refractivity contribution in [2.24, 2.45) is 0 Å². The Morgan fingerprint density at radius 1 is 1.00 bits per heavy atom. The molecule has 2 amide bonds. The smallest absolute Gasteiger partial charge is 0.261 e. The van der Waals surface area contributed by atoms with Crippen LogP contribution < -0.4 is 10.1 Å². The van der Waals surface area contributed by atoms with Crippen molar-refractivity contribution < 1.29 is 14.3 Å². The third-order valence-electron chi connectivity index (χ3n) is 5.61. The largest absolute Gasteiger partial charge is 0.482 e. The van der Waals surface area contributed by atoms with Crippen molar-refractivity contribution in [1.29, 1.82) is 0 Å². The van der Waals surface area contributed by atoms with E-state index in [9.17, 15) is 9.59 Å². The van der Waals surface area contributed by atoms with Crippen LogP contribution in [0.2, 0.25) is 10.0 Å². The lowest BCUT2D eigenvalue weighted by atomic mass is 10.0. The first-order chi connectivity index (χ1) is 17.4. The van der Waals surface area contributed by atoms with Crippen LogP contribution in [0.1, 0.15) is 30.9 Å². The SMILES string of the molecule is CCCCNC(=O)C(Cc1ccccc1)N(Cc1ccc(Cl)cc1)C(=O)COc1ccc(Br)cc1Cl. The van der Waals surface area contributed by atoms with Crippen molar-refractivity contribution in [3.8, 4) is 5.75 Å². The zero-order valence-corrected chi connectivity index (χ0v) is 23.2. The number of nitrogens with zero attached hydrogens (tertiary/aromatic N) is 1. The summed E-state index contributed by atoms with van der Waals surface area (Å²) in [5.74, 6) is -0.126. The Morgan fingerprint density at radius 3 is 2.39 bits per heavy atom. The number of unbranched alkanes of at least 4 members (excludes halogenated alkanes) is 1. The number of nitrogens with one attached hydrogen (secondary N) is 1. The summed E-state index contributed by atoms with van der Waals surface area (Å²) in [4.78, 5) is 28.5. The molecule has 0 aliphatic rings. The fourth-order valence-electron chi connectivity index (χ4n) is 3.66. The van der Waals surface area contributed by atoms with Gasteiger partial charge >= 0.3 is 0 Å². The third-order valence-corrected chi connectivity index (χ3v) is 6.65. The van der Waals surface area contributed by atoms with E-state index in [-0.39, 0.29) is 25.0 Å². The standard InChI is InChI=1S/C28H29BrCl2N2O3/c1-2-3-15-32-28(35)25(16-20-7-5-4-6-8-20)33(18-21-9-12-23(30)13-10-21)27(34)19-36-26-14-11-22(29)17-24(26)31/h4-14,17,25H,2-3,15-16,18-19H2,1H3,(H,32,35). The van der Waals surface area contributed by atoms with Crippen molar-refractivity contribution in [2.45, 2.75) is 38.8 Å². The molecule has 0 heterocycles. The van der Waals surface area contributed by atoms with E-state index in [1.165, 1.54) is 0 Å². The molecule has 0 radical (unpaired) electrons. The predicted octanol–water partition coefficient (Wildman–Crippen LogP) is 6.69. The Kier molecular flexibility index (Phi) is 11.1. The van der Waals surface area contributed by atoms with E-state index >= 15 is 0 Å². The highest BCUT2D eigenvalue weighted by Gasteiger charge is 2.30. The van der Waals surface area contributed by atoms with Crippen LogP contribution in [0.5, 0.6) is 5.75 Å². The molecule has 1 N–H and O–H groups in total. The number of halogens is 3. The lowest BCUT2D eigenvalue weighted by molar-refractivity contribution is -0.142. The van der Waals surface area contributed by atoms with Crippen LogP contribution in [-0.4, -0.2) is 35.9 Å². The monoisotopic (exact) mass is 590 g/mol. The molecule has 36 heavy (non-hydrogen) atoms. The second-order valence-corrected chi connectivity index (χ2v) is 10.1.